The Morgan fingerprint density at radius 1 is 0.667 bits per heavy atom. The van der Waals surface area contributed by atoms with Gasteiger partial charge in [0.1, 0.15) is 0 Å². The molecule has 0 saturated heterocycles. The Labute approximate surface area is 127 Å². The Balaban J connectivity index is 2.18. The molecule has 104 valence electrons. The van der Waals surface area contributed by atoms with Crippen LogP contribution in [0, 0.1) is 0 Å². The molecule has 21 heavy (non-hydrogen) atoms. The summed E-state index contributed by atoms with van der Waals surface area (Å²) in [5, 5.41) is 0. The minimum Gasteiger partial charge on any atom is -0.0623 e. The lowest BCUT2D eigenvalue weighted by atomic mass is 9.81. The second kappa shape index (κ2) is 5.57. The predicted octanol–water partition coefficient (Wildman–Crippen LogP) is 5.53. The average molecular weight is 272 g/mol. The molecule has 2 aliphatic rings. The van der Waals surface area contributed by atoms with Crippen molar-refractivity contribution >= 4 is 5.57 Å². The zero-order valence-corrected chi connectivity index (χ0v) is 12.6. The van der Waals surface area contributed by atoms with Crippen molar-refractivity contribution in [2.45, 2.75) is 19.3 Å². The van der Waals surface area contributed by atoms with Crippen molar-refractivity contribution in [3.8, 4) is 0 Å². The van der Waals surface area contributed by atoms with Crippen molar-refractivity contribution in [3.05, 3.63) is 102 Å². The summed E-state index contributed by atoms with van der Waals surface area (Å²) in [6.07, 6.45) is 21.1. The molecule has 0 atom stereocenters. The molecular formula is C21H20. The van der Waals surface area contributed by atoms with Gasteiger partial charge in [-0.3, -0.25) is 0 Å². The van der Waals surface area contributed by atoms with Crippen molar-refractivity contribution in [2.24, 2.45) is 0 Å². The maximum absolute atomic E-state index is 2.30. The summed E-state index contributed by atoms with van der Waals surface area (Å²) in [7, 11) is 0. The Morgan fingerprint density at radius 2 is 1.24 bits per heavy atom. The molecule has 1 aromatic carbocycles. The van der Waals surface area contributed by atoms with E-state index in [0.717, 1.165) is 0 Å². The lowest BCUT2D eigenvalue weighted by molar-refractivity contribution is 0.654. The van der Waals surface area contributed by atoms with E-state index in [4.69, 9.17) is 0 Å². The van der Waals surface area contributed by atoms with Crippen molar-refractivity contribution < 1.29 is 0 Å². The van der Waals surface area contributed by atoms with Crippen molar-refractivity contribution in [3.63, 3.8) is 0 Å². The minimum atomic E-state index is 0.0459. The first-order valence-corrected chi connectivity index (χ1v) is 7.40. The van der Waals surface area contributed by atoms with Gasteiger partial charge >= 0.3 is 0 Å². The fourth-order valence-corrected chi connectivity index (χ4v) is 3.06. The van der Waals surface area contributed by atoms with Crippen molar-refractivity contribution in [1.29, 1.82) is 0 Å². The quantitative estimate of drug-likeness (QED) is 0.583. The molecule has 0 heteroatoms. The van der Waals surface area contributed by atoms with Crippen LogP contribution in [0.15, 0.2) is 90.6 Å². The van der Waals surface area contributed by atoms with Crippen LogP contribution in [0.3, 0.4) is 0 Å². The molecular weight excluding hydrogens is 252 g/mol. The third-order valence-electron chi connectivity index (χ3n) is 4.16. The third-order valence-corrected chi connectivity index (χ3v) is 4.16. The number of hydrogen-bond donors (Lipinski definition) is 0. The Morgan fingerprint density at radius 3 is 1.95 bits per heavy atom. The minimum absolute atomic E-state index is 0.0459. The number of rotatable bonds is 0. The van der Waals surface area contributed by atoms with Crippen LogP contribution in [0.4, 0.5) is 0 Å². The molecule has 0 aromatic heterocycles. The fraction of sp³-hybridized carbons (Fsp3) is 0.143. The molecule has 0 aliphatic heterocycles. The van der Waals surface area contributed by atoms with Gasteiger partial charge in [-0.2, -0.15) is 0 Å². The van der Waals surface area contributed by atoms with Gasteiger partial charge in [0.05, 0.1) is 0 Å². The Bertz CT molecular complexity index is 716. The summed E-state index contributed by atoms with van der Waals surface area (Å²) in [5.41, 5.74) is 5.51. The van der Waals surface area contributed by atoms with Crippen LogP contribution in [0.1, 0.15) is 25.0 Å². The maximum Gasteiger partial charge on any atom is 0.0158 e. The molecule has 0 heterocycles. The molecule has 0 saturated carbocycles. The van der Waals surface area contributed by atoms with Crippen LogP contribution in [-0.4, -0.2) is 0 Å². The summed E-state index contributed by atoms with van der Waals surface area (Å²) >= 11 is 0. The van der Waals surface area contributed by atoms with Gasteiger partial charge in [0.15, 0.2) is 0 Å². The number of hydrogen-bond acceptors (Lipinski definition) is 0. The van der Waals surface area contributed by atoms with Gasteiger partial charge in [0.25, 0.3) is 0 Å². The lowest BCUT2D eigenvalue weighted by Crippen LogP contribution is -2.15. The first kappa shape index (κ1) is 13.6. The van der Waals surface area contributed by atoms with Gasteiger partial charge in [0.2, 0.25) is 0 Å². The van der Waals surface area contributed by atoms with Crippen LogP contribution in [0.25, 0.3) is 5.57 Å². The molecule has 0 unspecified atom stereocenters. The van der Waals surface area contributed by atoms with E-state index in [2.05, 4.69) is 86.7 Å². The molecule has 0 amide bonds. The van der Waals surface area contributed by atoms with Gasteiger partial charge in [-0.15, -0.1) is 0 Å². The standard InChI is InChI=1S/C21H20/c1-21(2)19-15-10-8-6-4-3-5-7-9-13-17(19)18-14-11-12-16-20(18)21/h3-16H,1-2H3/b4-3-,5-3?,6-4?,7-5-,8-6+,9-7?,10-8?,13-9+,15-10-,17-13?,19-15?. The highest BCUT2D eigenvalue weighted by Crippen LogP contribution is 2.47. The topological polar surface area (TPSA) is 0 Å². The summed E-state index contributed by atoms with van der Waals surface area (Å²) < 4.78 is 0. The van der Waals surface area contributed by atoms with Crippen LogP contribution in [-0.2, 0) is 5.41 Å². The third kappa shape index (κ3) is 2.50. The molecule has 0 spiro atoms. The molecule has 0 N–H and O–H groups in total. The fourth-order valence-electron chi connectivity index (χ4n) is 3.06. The van der Waals surface area contributed by atoms with E-state index in [0.29, 0.717) is 0 Å². The highest BCUT2D eigenvalue weighted by atomic mass is 14.4. The van der Waals surface area contributed by atoms with Gasteiger partial charge in [0, 0.05) is 5.41 Å². The maximum atomic E-state index is 2.30. The van der Waals surface area contributed by atoms with Crippen LogP contribution in [0.2, 0.25) is 0 Å². The highest BCUT2D eigenvalue weighted by molar-refractivity contribution is 5.87. The first-order chi connectivity index (χ1) is 10.2. The summed E-state index contributed by atoms with van der Waals surface area (Å²) in [6.45, 7) is 4.61. The van der Waals surface area contributed by atoms with Gasteiger partial charge in [-0.05, 0) is 22.3 Å². The van der Waals surface area contributed by atoms with E-state index in [1.54, 1.807) is 0 Å². The molecule has 2 aliphatic carbocycles. The monoisotopic (exact) mass is 272 g/mol. The first-order valence-electron chi connectivity index (χ1n) is 7.40. The highest BCUT2D eigenvalue weighted by Gasteiger charge is 2.34. The smallest absolute Gasteiger partial charge is 0.0158 e. The summed E-state index contributed by atoms with van der Waals surface area (Å²) in [6, 6.07) is 8.72. The summed E-state index contributed by atoms with van der Waals surface area (Å²) in [4.78, 5) is 0. The molecule has 3 rings (SSSR count). The molecule has 0 fully saturated rings. The molecule has 0 bridgehead atoms. The second-order valence-electron chi connectivity index (χ2n) is 5.87. The molecule has 1 aromatic rings. The van der Waals surface area contributed by atoms with Gasteiger partial charge in [-0.1, -0.05) is 98.9 Å². The summed E-state index contributed by atoms with van der Waals surface area (Å²) in [5.74, 6) is 0. The number of allylic oxidation sites excluding steroid dienone is 12. The van der Waals surface area contributed by atoms with Crippen LogP contribution >= 0.6 is 0 Å². The van der Waals surface area contributed by atoms with Crippen LogP contribution < -0.4 is 0 Å². The van der Waals surface area contributed by atoms with Crippen molar-refractivity contribution in [1.82, 2.24) is 0 Å². The van der Waals surface area contributed by atoms with Crippen LogP contribution in [0.5, 0.6) is 0 Å². The lowest BCUT2D eigenvalue weighted by Gasteiger charge is -2.22. The second-order valence-corrected chi connectivity index (χ2v) is 5.87. The normalized spacial score (nSPS) is 26.8. The largest absolute Gasteiger partial charge is 0.0623 e. The molecule has 0 nitrogen and oxygen atoms in total. The number of fused-ring (bicyclic) bond motifs is 2. The average Bonchev–Trinajstić information content (AvgIpc) is 2.67. The van der Waals surface area contributed by atoms with Gasteiger partial charge in [-0.25, -0.2) is 0 Å². The molecule has 0 radical (unpaired) electrons. The Kier molecular flexibility index (Phi) is 3.62. The van der Waals surface area contributed by atoms with E-state index < -0.39 is 0 Å². The van der Waals surface area contributed by atoms with Crippen molar-refractivity contribution in [2.75, 3.05) is 0 Å². The number of benzene rings is 1. The van der Waals surface area contributed by atoms with E-state index >= 15 is 0 Å². The Hall–Kier alpha value is -2.34. The van der Waals surface area contributed by atoms with E-state index in [9.17, 15) is 0 Å². The zero-order valence-electron chi connectivity index (χ0n) is 12.6. The zero-order chi connectivity index (χ0) is 14.7. The van der Waals surface area contributed by atoms with E-state index in [1.165, 1.54) is 22.3 Å². The predicted molar refractivity (Wildman–Crippen MR) is 92.1 cm³/mol. The van der Waals surface area contributed by atoms with E-state index in [-0.39, 0.29) is 5.41 Å². The van der Waals surface area contributed by atoms with Gasteiger partial charge < -0.3 is 0 Å². The SMILES string of the molecule is CC1(C)C2=C(/C=C/C=C\C=C/C=C/C=C\2)c2ccccc21. The van der Waals surface area contributed by atoms with E-state index in [1.807, 2.05) is 12.2 Å².